The summed E-state index contributed by atoms with van der Waals surface area (Å²) in [4.78, 5) is 4.18. The van der Waals surface area contributed by atoms with E-state index in [0.717, 1.165) is 30.5 Å². The Hall–Kier alpha value is -1.88. The molecular weight excluding hydrogens is 196 g/mol. The summed E-state index contributed by atoms with van der Waals surface area (Å²) in [5, 5.41) is 8.96. The van der Waals surface area contributed by atoms with Crippen LogP contribution in [0.15, 0.2) is 29.3 Å². The molecule has 16 heavy (non-hydrogen) atoms. The Labute approximate surface area is 95.9 Å². The average molecular weight is 210 g/mol. The zero-order valence-electron chi connectivity index (χ0n) is 9.40. The van der Waals surface area contributed by atoms with Gasteiger partial charge in [-0.05, 0) is 29.2 Å². The van der Waals surface area contributed by atoms with Crippen LogP contribution in [0, 0.1) is 11.3 Å². The van der Waals surface area contributed by atoms with E-state index in [4.69, 9.17) is 5.26 Å². The first-order chi connectivity index (χ1) is 7.85. The van der Waals surface area contributed by atoms with E-state index in [1.54, 1.807) is 0 Å². The first-order valence-electron chi connectivity index (χ1n) is 5.56. The minimum absolute atomic E-state index is 0.775. The SMILES string of the molecule is CCc1cc(C2=CCN=CC2)ccc1C#N. The van der Waals surface area contributed by atoms with Gasteiger partial charge in [-0.25, -0.2) is 0 Å². The molecule has 1 aliphatic heterocycles. The third kappa shape index (κ3) is 2.04. The standard InChI is InChI=1S/C14H14N2/c1-2-11-9-13(3-4-14(11)10-15)12-5-7-16-8-6-12/h3-5,8-9H,2,6-7H2,1H3. The molecule has 0 N–H and O–H groups in total. The van der Waals surface area contributed by atoms with E-state index in [1.807, 2.05) is 18.3 Å². The second kappa shape index (κ2) is 4.76. The van der Waals surface area contributed by atoms with Gasteiger partial charge in [-0.15, -0.1) is 0 Å². The lowest BCUT2D eigenvalue weighted by molar-refractivity contribution is 1.12. The van der Waals surface area contributed by atoms with Gasteiger partial charge in [0.2, 0.25) is 0 Å². The Balaban J connectivity index is 2.37. The molecule has 80 valence electrons. The largest absolute Gasteiger partial charge is 0.293 e. The van der Waals surface area contributed by atoms with E-state index in [9.17, 15) is 0 Å². The molecule has 0 saturated heterocycles. The fraction of sp³-hybridized carbons (Fsp3) is 0.286. The fourth-order valence-corrected chi connectivity index (χ4v) is 1.91. The van der Waals surface area contributed by atoms with Gasteiger partial charge in [-0.1, -0.05) is 25.1 Å². The van der Waals surface area contributed by atoms with Crippen molar-refractivity contribution in [1.29, 1.82) is 5.26 Å². The molecule has 0 fully saturated rings. The smallest absolute Gasteiger partial charge is 0.0994 e. The van der Waals surface area contributed by atoms with E-state index in [0.29, 0.717) is 0 Å². The quantitative estimate of drug-likeness (QED) is 0.739. The van der Waals surface area contributed by atoms with E-state index in [-0.39, 0.29) is 0 Å². The Morgan fingerprint density at radius 3 is 2.94 bits per heavy atom. The van der Waals surface area contributed by atoms with Crippen LogP contribution in [0.3, 0.4) is 0 Å². The molecule has 1 aromatic carbocycles. The molecule has 1 heterocycles. The summed E-state index contributed by atoms with van der Waals surface area (Å²) >= 11 is 0. The zero-order valence-corrected chi connectivity index (χ0v) is 9.40. The lowest BCUT2D eigenvalue weighted by atomic mass is 9.96. The number of hydrogen-bond acceptors (Lipinski definition) is 2. The maximum absolute atomic E-state index is 8.96. The van der Waals surface area contributed by atoms with Crippen LogP contribution in [0.4, 0.5) is 0 Å². The van der Waals surface area contributed by atoms with E-state index in [1.165, 1.54) is 11.1 Å². The Bertz CT molecular complexity index is 490. The lowest BCUT2D eigenvalue weighted by Gasteiger charge is -2.10. The van der Waals surface area contributed by atoms with E-state index >= 15 is 0 Å². The monoisotopic (exact) mass is 210 g/mol. The molecule has 0 bridgehead atoms. The van der Waals surface area contributed by atoms with Gasteiger partial charge in [0.25, 0.3) is 0 Å². The number of rotatable bonds is 2. The lowest BCUT2D eigenvalue weighted by Crippen LogP contribution is -1.96. The number of aliphatic imine (C=N–C) groups is 1. The number of allylic oxidation sites excluding steroid dienone is 1. The van der Waals surface area contributed by atoms with Crippen LogP contribution >= 0.6 is 0 Å². The second-order valence-corrected chi connectivity index (χ2v) is 3.82. The molecule has 1 aromatic rings. The molecular formula is C14H14N2. The molecule has 0 unspecified atom stereocenters. The first-order valence-corrected chi connectivity index (χ1v) is 5.56. The van der Waals surface area contributed by atoms with Gasteiger partial charge in [0.1, 0.15) is 0 Å². The van der Waals surface area contributed by atoms with Crippen LogP contribution in [0.1, 0.15) is 30.0 Å². The summed E-state index contributed by atoms with van der Waals surface area (Å²) in [6, 6.07) is 8.31. The zero-order chi connectivity index (χ0) is 11.4. The second-order valence-electron chi connectivity index (χ2n) is 3.82. The van der Waals surface area contributed by atoms with Crippen LogP contribution in [0.25, 0.3) is 5.57 Å². The van der Waals surface area contributed by atoms with Crippen LogP contribution in [0.5, 0.6) is 0 Å². The van der Waals surface area contributed by atoms with Crippen molar-refractivity contribution in [2.45, 2.75) is 19.8 Å². The highest BCUT2D eigenvalue weighted by Crippen LogP contribution is 2.22. The van der Waals surface area contributed by atoms with Crippen molar-refractivity contribution in [3.8, 4) is 6.07 Å². The van der Waals surface area contributed by atoms with Gasteiger partial charge >= 0.3 is 0 Å². The first kappa shape index (κ1) is 10.6. The number of benzene rings is 1. The molecule has 0 atom stereocenters. The highest BCUT2D eigenvalue weighted by molar-refractivity contribution is 5.81. The summed E-state index contributed by atoms with van der Waals surface area (Å²) in [5.41, 5.74) is 4.45. The topological polar surface area (TPSA) is 36.1 Å². The Morgan fingerprint density at radius 1 is 1.44 bits per heavy atom. The van der Waals surface area contributed by atoms with Crippen molar-refractivity contribution < 1.29 is 0 Å². The van der Waals surface area contributed by atoms with Crippen molar-refractivity contribution in [2.75, 3.05) is 6.54 Å². The molecule has 2 nitrogen and oxygen atoms in total. The summed E-state index contributed by atoms with van der Waals surface area (Å²) < 4.78 is 0. The van der Waals surface area contributed by atoms with Gasteiger partial charge in [0.05, 0.1) is 18.2 Å². The molecule has 0 radical (unpaired) electrons. The predicted molar refractivity (Wildman–Crippen MR) is 66.5 cm³/mol. The molecule has 0 saturated carbocycles. The van der Waals surface area contributed by atoms with Gasteiger partial charge < -0.3 is 0 Å². The van der Waals surface area contributed by atoms with Crippen molar-refractivity contribution >= 4 is 11.8 Å². The number of aryl methyl sites for hydroxylation is 1. The number of dihydropyridines is 1. The number of hydrogen-bond donors (Lipinski definition) is 0. The normalized spacial score (nSPS) is 14.4. The summed E-state index contributed by atoms with van der Waals surface area (Å²) in [5.74, 6) is 0. The van der Waals surface area contributed by atoms with Crippen molar-refractivity contribution in [3.63, 3.8) is 0 Å². The highest BCUT2D eigenvalue weighted by Gasteiger charge is 2.06. The summed E-state index contributed by atoms with van der Waals surface area (Å²) in [6.07, 6.45) is 5.91. The highest BCUT2D eigenvalue weighted by atomic mass is 14.7. The maximum atomic E-state index is 8.96. The van der Waals surface area contributed by atoms with Crippen molar-refractivity contribution in [1.82, 2.24) is 0 Å². The van der Waals surface area contributed by atoms with Crippen LogP contribution in [-0.4, -0.2) is 12.8 Å². The predicted octanol–water partition coefficient (Wildman–Crippen LogP) is 2.98. The van der Waals surface area contributed by atoms with Crippen molar-refractivity contribution in [3.05, 3.63) is 41.0 Å². The third-order valence-corrected chi connectivity index (χ3v) is 2.86. The van der Waals surface area contributed by atoms with Crippen molar-refractivity contribution in [2.24, 2.45) is 4.99 Å². The molecule has 0 aromatic heterocycles. The Kier molecular flexibility index (Phi) is 3.16. The third-order valence-electron chi connectivity index (χ3n) is 2.86. The van der Waals surface area contributed by atoms with Gasteiger partial charge in [0.15, 0.2) is 0 Å². The molecule has 0 aliphatic carbocycles. The summed E-state index contributed by atoms with van der Waals surface area (Å²) in [6.45, 7) is 2.85. The average Bonchev–Trinajstić information content (AvgIpc) is 2.39. The molecule has 0 amide bonds. The van der Waals surface area contributed by atoms with Crippen LogP contribution < -0.4 is 0 Å². The number of nitriles is 1. The van der Waals surface area contributed by atoms with E-state index in [2.05, 4.69) is 30.1 Å². The summed E-state index contributed by atoms with van der Waals surface area (Å²) in [7, 11) is 0. The van der Waals surface area contributed by atoms with Gasteiger partial charge in [-0.3, -0.25) is 4.99 Å². The fourth-order valence-electron chi connectivity index (χ4n) is 1.91. The minimum atomic E-state index is 0.775. The molecule has 2 heteroatoms. The molecule has 0 spiro atoms. The van der Waals surface area contributed by atoms with Crippen LogP contribution in [-0.2, 0) is 6.42 Å². The van der Waals surface area contributed by atoms with Gasteiger partial charge in [0, 0.05) is 12.6 Å². The van der Waals surface area contributed by atoms with Crippen LogP contribution in [0.2, 0.25) is 0 Å². The number of nitrogens with zero attached hydrogens (tertiary/aromatic N) is 2. The van der Waals surface area contributed by atoms with E-state index < -0.39 is 0 Å². The molecule has 2 rings (SSSR count). The minimum Gasteiger partial charge on any atom is -0.293 e. The molecule has 1 aliphatic rings. The maximum Gasteiger partial charge on any atom is 0.0994 e. The van der Waals surface area contributed by atoms with Gasteiger partial charge in [-0.2, -0.15) is 5.26 Å². The Morgan fingerprint density at radius 2 is 2.31 bits per heavy atom.